The number of thiophene rings is 1. The van der Waals surface area contributed by atoms with E-state index in [1.54, 1.807) is 14.0 Å². The molecule has 0 unspecified atom stereocenters. The van der Waals surface area contributed by atoms with Crippen molar-refractivity contribution in [1.82, 2.24) is 0 Å². The quantitative estimate of drug-likeness (QED) is 0.700. The minimum absolute atomic E-state index is 0.116. The van der Waals surface area contributed by atoms with Crippen molar-refractivity contribution in [3.63, 3.8) is 0 Å². The molecule has 140 valence electrons. The van der Waals surface area contributed by atoms with Gasteiger partial charge in [0.1, 0.15) is 16.3 Å². The van der Waals surface area contributed by atoms with Gasteiger partial charge in [-0.15, -0.1) is 11.3 Å². The average molecular weight is 375 g/mol. The summed E-state index contributed by atoms with van der Waals surface area (Å²) in [4.78, 5) is 24.8. The number of esters is 1. The second-order valence-corrected chi connectivity index (χ2v) is 7.30. The van der Waals surface area contributed by atoms with Crippen LogP contribution in [0, 0.1) is 12.8 Å². The predicted molar refractivity (Wildman–Crippen MR) is 105 cm³/mol. The van der Waals surface area contributed by atoms with E-state index in [1.807, 2.05) is 44.4 Å². The molecule has 0 bridgehead atoms. The van der Waals surface area contributed by atoms with Crippen molar-refractivity contribution in [2.24, 2.45) is 5.92 Å². The molecule has 26 heavy (non-hydrogen) atoms. The smallest absolute Gasteiger partial charge is 0.341 e. The Balaban J connectivity index is 2.52. The number of hydrogen-bond acceptors (Lipinski definition) is 5. The Morgan fingerprint density at radius 3 is 2.58 bits per heavy atom. The summed E-state index contributed by atoms with van der Waals surface area (Å²) in [6, 6.07) is 5.78. The van der Waals surface area contributed by atoms with E-state index in [0.29, 0.717) is 28.3 Å². The molecule has 1 heterocycles. The molecule has 2 aromatic rings. The van der Waals surface area contributed by atoms with Crippen LogP contribution in [0.1, 0.15) is 43.1 Å². The van der Waals surface area contributed by atoms with E-state index in [9.17, 15) is 9.59 Å². The minimum atomic E-state index is -0.452. The molecule has 0 saturated heterocycles. The molecule has 2 rings (SSSR count). The Morgan fingerprint density at radius 2 is 1.96 bits per heavy atom. The number of carbonyl (C=O) groups is 2. The van der Waals surface area contributed by atoms with Crippen molar-refractivity contribution >= 4 is 28.2 Å². The number of benzene rings is 1. The molecule has 0 fully saturated rings. The number of ether oxygens (including phenoxy) is 2. The molecular formula is C20H25NO4S. The largest absolute Gasteiger partial charge is 0.496 e. The van der Waals surface area contributed by atoms with Crippen LogP contribution in [0.2, 0.25) is 0 Å². The predicted octanol–water partition coefficient (Wildman–Crippen LogP) is 4.89. The van der Waals surface area contributed by atoms with Crippen molar-refractivity contribution in [2.45, 2.75) is 34.1 Å². The van der Waals surface area contributed by atoms with Gasteiger partial charge in [-0.25, -0.2) is 4.79 Å². The van der Waals surface area contributed by atoms with E-state index in [0.717, 1.165) is 11.1 Å². The second kappa shape index (κ2) is 8.85. The molecule has 1 aromatic heterocycles. The highest BCUT2D eigenvalue weighted by Gasteiger charge is 2.24. The third-order valence-electron chi connectivity index (χ3n) is 3.76. The number of anilines is 1. The molecule has 6 heteroatoms. The molecule has 0 atom stereocenters. The summed E-state index contributed by atoms with van der Waals surface area (Å²) in [5.41, 5.74) is 2.93. The average Bonchev–Trinajstić information content (AvgIpc) is 2.97. The maximum atomic E-state index is 12.6. The Hall–Kier alpha value is -2.34. The number of methoxy groups -OCH3 is 1. The molecule has 1 aromatic carbocycles. The highest BCUT2D eigenvalue weighted by molar-refractivity contribution is 7.15. The fourth-order valence-electron chi connectivity index (χ4n) is 2.63. The third kappa shape index (κ3) is 4.64. The fraction of sp³-hybridized carbons (Fsp3) is 0.400. The Labute approximate surface area is 158 Å². The highest BCUT2D eigenvalue weighted by Crippen LogP contribution is 2.40. The van der Waals surface area contributed by atoms with Gasteiger partial charge in [0.25, 0.3) is 0 Å². The highest BCUT2D eigenvalue weighted by atomic mass is 32.1. The maximum absolute atomic E-state index is 12.6. The Bertz CT molecular complexity index is 795. The van der Waals surface area contributed by atoms with Gasteiger partial charge in [0.05, 0.1) is 13.7 Å². The summed E-state index contributed by atoms with van der Waals surface area (Å²) in [5.74, 6) is 0.332. The molecule has 0 aliphatic carbocycles. The normalized spacial score (nSPS) is 10.7. The van der Waals surface area contributed by atoms with Crippen molar-refractivity contribution in [2.75, 3.05) is 19.0 Å². The van der Waals surface area contributed by atoms with E-state index >= 15 is 0 Å². The Kier molecular flexibility index (Phi) is 6.80. The van der Waals surface area contributed by atoms with Gasteiger partial charge in [-0.2, -0.15) is 0 Å². The van der Waals surface area contributed by atoms with Gasteiger partial charge < -0.3 is 14.8 Å². The van der Waals surface area contributed by atoms with Crippen molar-refractivity contribution in [1.29, 1.82) is 0 Å². The number of nitrogens with one attached hydrogen (secondary N) is 1. The van der Waals surface area contributed by atoms with Gasteiger partial charge in [0.15, 0.2) is 0 Å². The lowest BCUT2D eigenvalue weighted by atomic mass is 10.0. The first-order valence-corrected chi connectivity index (χ1v) is 9.48. The summed E-state index contributed by atoms with van der Waals surface area (Å²) in [7, 11) is 1.59. The number of aryl methyl sites for hydroxylation is 1. The molecule has 1 amide bonds. The number of hydrogen-bond donors (Lipinski definition) is 1. The van der Waals surface area contributed by atoms with Crippen LogP contribution in [0.25, 0.3) is 11.1 Å². The van der Waals surface area contributed by atoms with E-state index in [2.05, 4.69) is 5.32 Å². The molecule has 0 aliphatic rings. The molecular weight excluding hydrogens is 350 g/mol. The van der Waals surface area contributed by atoms with Gasteiger partial charge in [-0.1, -0.05) is 25.5 Å². The van der Waals surface area contributed by atoms with Crippen LogP contribution in [-0.4, -0.2) is 25.6 Å². The van der Waals surface area contributed by atoms with Gasteiger partial charge in [0.2, 0.25) is 5.91 Å². The van der Waals surface area contributed by atoms with Gasteiger partial charge in [0, 0.05) is 22.9 Å². The Morgan fingerprint density at radius 1 is 1.23 bits per heavy atom. The van der Waals surface area contributed by atoms with Gasteiger partial charge in [-0.3, -0.25) is 4.79 Å². The lowest BCUT2D eigenvalue weighted by molar-refractivity contribution is -0.116. The van der Waals surface area contributed by atoms with Crippen LogP contribution in [0.15, 0.2) is 23.6 Å². The van der Waals surface area contributed by atoms with Crippen molar-refractivity contribution in [3.8, 4) is 16.9 Å². The zero-order valence-corrected chi connectivity index (χ0v) is 16.7. The first kappa shape index (κ1) is 20.0. The monoisotopic (exact) mass is 375 g/mol. The summed E-state index contributed by atoms with van der Waals surface area (Å²) in [5, 5.41) is 5.22. The molecule has 0 saturated carbocycles. The maximum Gasteiger partial charge on any atom is 0.341 e. The molecule has 0 radical (unpaired) electrons. The van der Waals surface area contributed by atoms with Crippen molar-refractivity contribution < 1.29 is 19.1 Å². The van der Waals surface area contributed by atoms with Gasteiger partial charge >= 0.3 is 5.97 Å². The first-order valence-electron chi connectivity index (χ1n) is 8.60. The summed E-state index contributed by atoms with van der Waals surface area (Å²) in [6.07, 6.45) is 0.392. The van der Waals surface area contributed by atoms with Crippen molar-refractivity contribution in [3.05, 3.63) is 34.7 Å². The molecule has 0 aliphatic heterocycles. The zero-order valence-electron chi connectivity index (χ0n) is 15.8. The minimum Gasteiger partial charge on any atom is -0.496 e. The molecule has 0 spiro atoms. The van der Waals surface area contributed by atoms with Crippen LogP contribution in [0.5, 0.6) is 5.75 Å². The summed E-state index contributed by atoms with van der Waals surface area (Å²) < 4.78 is 10.7. The topological polar surface area (TPSA) is 64.6 Å². The van der Waals surface area contributed by atoms with Gasteiger partial charge in [-0.05, 0) is 31.9 Å². The lowest BCUT2D eigenvalue weighted by Gasteiger charge is -2.12. The third-order valence-corrected chi connectivity index (χ3v) is 4.66. The standard InChI is InChI=1S/C20H25NO4S/c1-6-25-20(23)18-15(14-10-13(4)7-8-16(14)24-5)11-26-19(18)21-17(22)9-12(2)3/h7-8,10-12H,6,9H2,1-5H3,(H,21,22). The van der Waals surface area contributed by atoms with Crippen LogP contribution in [-0.2, 0) is 9.53 Å². The van der Waals surface area contributed by atoms with E-state index in [-0.39, 0.29) is 18.4 Å². The van der Waals surface area contributed by atoms with Crippen LogP contribution >= 0.6 is 11.3 Å². The second-order valence-electron chi connectivity index (χ2n) is 6.42. The van der Waals surface area contributed by atoms with Crippen LogP contribution in [0.3, 0.4) is 0 Å². The molecule has 1 N–H and O–H groups in total. The number of rotatable bonds is 7. The van der Waals surface area contributed by atoms with Crippen LogP contribution in [0.4, 0.5) is 5.00 Å². The number of amides is 1. The lowest BCUT2D eigenvalue weighted by Crippen LogP contribution is -2.16. The fourth-order valence-corrected chi connectivity index (χ4v) is 3.60. The van der Waals surface area contributed by atoms with E-state index < -0.39 is 5.97 Å². The SMILES string of the molecule is CCOC(=O)c1c(-c2cc(C)ccc2OC)csc1NC(=O)CC(C)C. The zero-order chi connectivity index (χ0) is 19.3. The molecule has 5 nitrogen and oxygen atoms in total. The first-order chi connectivity index (χ1) is 12.4. The van der Waals surface area contributed by atoms with E-state index in [4.69, 9.17) is 9.47 Å². The summed E-state index contributed by atoms with van der Waals surface area (Å²) >= 11 is 1.32. The summed E-state index contributed by atoms with van der Waals surface area (Å²) in [6.45, 7) is 7.95. The number of carbonyl (C=O) groups excluding carboxylic acids is 2. The van der Waals surface area contributed by atoms with E-state index in [1.165, 1.54) is 11.3 Å². The van der Waals surface area contributed by atoms with Crippen LogP contribution < -0.4 is 10.1 Å².